The fraction of sp³-hybridized carbons (Fsp3) is 0.389. The van der Waals surface area contributed by atoms with E-state index < -0.39 is 0 Å². The Kier molecular flexibility index (Phi) is 4.47. The number of benzene rings is 1. The lowest BCUT2D eigenvalue weighted by Crippen LogP contribution is -2.30. The number of rotatable bonds is 4. The van der Waals surface area contributed by atoms with Gasteiger partial charge in [-0.15, -0.1) is 5.10 Å². The molecule has 22 heavy (non-hydrogen) atoms. The smallest absolute Gasteiger partial charge is 0.279 e. The molecular formula is C18H21N3O. The minimum absolute atomic E-state index is 0.0382. The van der Waals surface area contributed by atoms with Gasteiger partial charge in [-0.3, -0.25) is 4.79 Å². The Bertz CT molecular complexity index is 645. The van der Waals surface area contributed by atoms with Gasteiger partial charge in [0.1, 0.15) is 0 Å². The summed E-state index contributed by atoms with van der Waals surface area (Å²) in [7, 11) is 0. The van der Waals surface area contributed by atoms with Crippen LogP contribution in [0.2, 0.25) is 0 Å². The van der Waals surface area contributed by atoms with Gasteiger partial charge >= 0.3 is 0 Å². The van der Waals surface area contributed by atoms with E-state index in [2.05, 4.69) is 29.3 Å². The molecule has 1 amide bonds. The lowest BCUT2D eigenvalue weighted by atomic mass is 9.96. The van der Waals surface area contributed by atoms with Crippen LogP contribution in [0.1, 0.15) is 38.2 Å². The van der Waals surface area contributed by atoms with Crippen molar-refractivity contribution >= 4 is 23.5 Å². The Labute approximate surface area is 131 Å². The van der Waals surface area contributed by atoms with Crippen LogP contribution in [0, 0.1) is 5.92 Å². The first-order valence-electron chi connectivity index (χ1n) is 7.98. The highest BCUT2D eigenvalue weighted by Gasteiger charge is 2.33. The molecule has 1 aromatic rings. The summed E-state index contributed by atoms with van der Waals surface area (Å²) in [6.45, 7) is 2.78. The molecule has 1 aliphatic carbocycles. The number of amides is 1. The summed E-state index contributed by atoms with van der Waals surface area (Å²) in [4.78, 5) is 14.3. The maximum absolute atomic E-state index is 12.5. The molecule has 4 heteroatoms. The van der Waals surface area contributed by atoms with E-state index >= 15 is 0 Å². The number of allylic oxidation sites excluding steroid dienone is 2. The molecule has 0 saturated heterocycles. The minimum atomic E-state index is -0.0382. The number of para-hydroxylation sites is 1. The van der Waals surface area contributed by atoms with E-state index in [1.54, 1.807) is 4.90 Å². The normalized spacial score (nSPS) is 22.8. The quantitative estimate of drug-likeness (QED) is 0.476. The van der Waals surface area contributed by atoms with Crippen LogP contribution < -0.4 is 4.90 Å². The number of nitrogens with zero attached hydrogens (tertiary/aromatic N) is 3. The third-order valence-corrected chi connectivity index (χ3v) is 4.09. The Hall–Kier alpha value is -2.23. The van der Waals surface area contributed by atoms with Crippen molar-refractivity contribution in [3.05, 3.63) is 42.0 Å². The first-order valence-corrected chi connectivity index (χ1v) is 7.98. The summed E-state index contributed by atoms with van der Waals surface area (Å²) in [6.07, 6.45) is 10.4. The van der Waals surface area contributed by atoms with Crippen LogP contribution in [0.4, 0.5) is 5.69 Å². The maximum atomic E-state index is 12.5. The average Bonchev–Trinajstić information content (AvgIpc) is 2.82. The fourth-order valence-corrected chi connectivity index (χ4v) is 2.94. The Morgan fingerprint density at radius 1 is 1.32 bits per heavy atom. The van der Waals surface area contributed by atoms with Crippen LogP contribution in [-0.2, 0) is 4.79 Å². The zero-order valence-electron chi connectivity index (χ0n) is 12.9. The standard InChI is InChI=1S/C18H21N3O/c1-2-12-21-16-11-7-6-10-15(16)17(18(21)22)20-19-13-14-8-4-3-5-9-14/h3-4,6-7,10-11,13-14H,2,5,8-9,12H2,1H3/b19-13-,20-17+/t14-/m1/s1. The molecule has 3 rings (SSSR count). The first-order chi connectivity index (χ1) is 10.8. The zero-order chi connectivity index (χ0) is 15.4. The van der Waals surface area contributed by atoms with Gasteiger partial charge in [-0.25, -0.2) is 0 Å². The SMILES string of the molecule is CCCN1C(=O)/C(=N/N=C\[C@@H]2CC=CCC2)c2ccccc21. The molecule has 1 atom stereocenters. The molecular weight excluding hydrogens is 274 g/mol. The average molecular weight is 295 g/mol. The van der Waals surface area contributed by atoms with E-state index in [9.17, 15) is 4.79 Å². The van der Waals surface area contributed by atoms with Crippen molar-refractivity contribution in [2.45, 2.75) is 32.6 Å². The van der Waals surface area contributed by atoms with Gasteiger partial charge in [0.2, 0.25) is 0 Å². The Balaban J connectivity index is 1.83. The number of anilines is 1. The third-order valence-electron chi connectivity index (χ3n) is 4.09. The van der Waals surface area contributed by atoms with E-state index in [4.69, 9.17) is 0 Å². The van der Waals surface area contributed by atoms with E-state index in [0.717, 1.165) is 36.9 Å². The van der Waals surface area contributed by atoms with Crippen molar-refractivity contribution in [1.29, 1.82) is 0 Å². The molecule has 1 heterocycles. The largest absolute Gasteiger partial charge is 0.306 e. The van der Waals surface area contributed by atoms with Crippen molar-refractivity contribution in [3.63, 3.8) is 0 Å². The highest BCUT2D eigenvalue weighted by Crippen LogP contribution is 2.29. The Morgan fingerprint density at radius 2 is 2.18 bits per heavy atom. The minimum Gasteiger partial charge on any atom is -0.306 e. The first kappa shape index (κ1) is 14.7. The second-order valence-electron chi connectivity index (χ2n) is 5.73. The molecule has 114 valence electrons. The molecule has 0 N–H and O–H groups in total. The van der Waals surface area contributed by atoms with Crippen LogP contribution >= 0.6 is 0 Å². The highest BCUT2D eigenvalue weighted by atomic mass is 16.2. The molecule has 0 unspecified atom stereocenters. The van der Waals surface area contributed by atoms with E-state index in [0.29, 0.717) is 18.2 Å². The van der Waals surface area contributed by atoms with Crippen LogP contribution in [0.15, 0.2) is 46.6 Å². The molecule has 0 bridgehead atoms. The molecule has 0 aromatic heterocycles. The molecule has 1 aromatic carbocycles. The molecule has 0 saturated carbocycles. The topological polar surface area (TPSA) is 45.0 Å². The fourth-order valence-electron chi connectivity index (χ4n) is 2.94. The van der Waals surface area contributed by atoms with Crippen molar-refractivity contribution in [1.82, 2.24) is 0 Å². The second kappa shape index (κ2) is 6.69. The van der Waals surface area contributed by atoms with Crippen molar-refractivity contribution in [2.75, 3.05) is 11.4 Å². The monoisotopic (exact) mass is 295 g/mol. The molecule has 0 fully saturated rings. The lowest BCUT2D eigenvalue weighted by molar-refractivity contribution is -0.112. The summed E-state index contributed by atoms with van der Waals surface area (Å²) in [5, 5.41) is 8.45. The van der Waals surface area contributed by atoms with E-state index in [1.165, 1.54) is 0 Å². The number of hydrogen-bond acceptors (Lipinski definition) is 3. The number of carbonyl (C=O) groups excluding carboxylic acids is 1. The molecule has 1 aliphatic heterocycles. The van der Waals surface area contributed by atoms with Crippen molar-refractivity contribution in [2.24, 2.45) is 16.1 Å². The zero-order valence-corrected chi connectivity index (χ0v) is 12.9. The van der Waals surface area contributed by atoms with Crippen LogP contribution in [-0.4, -0.2) is 24.4 Å². The summed E-state index contributed by atoms with van der Waals surface area (Å²) in [5.41, 5.74) is 2.30. The summed E-state index contributed by atoms with van der Waals surface area (Å²) in [6, 6.07) is 7.81. The third kappa shape index (κ3) is 2.86. The molecule has 0 spiro atoms. The number of carbonyl (C=O) groups is 1. The van der Waals surface area contributed by atoms with Gasteiger partial charge in [0.05, 0.1) is 5.69 Å². The predicted octanol–water partition coefficient (Wildman–Crippen LogP) is 3.57. The van der Waals surface area contributed by atoms with Crippen LogP contribution in [0.3, 0.4) is 0 Å². The summed E-state index contributed by atoms with van der Waals surface area (Å²) < 4.78 is 0. The van der Waals surface area contributed by atoms with Gasteiger partial charge in [-0.05, 0) is 37.7 Å². The van der Waals surface area contributed by atoms with Gasteiger partial charge in [0.25, 0.3) is 5.91 Å². The van der Waals surface area contributed by atoms with Gasteiger partial charge in [0, 0.05) is 18.3 Å². The molecule has 2 aliphatic rings. The van der Waals surface area contributed by atoms with Gasteiger partial charge in [-0.1, -0.05) is 37.3 Å². The molecule has 4 nitrogen and oxygen atoms in total. The highest BCUT2D eigenvalue weighted by molar-refractivity contribution is 6.54. The van der Waals surface area contributed by atoms with Gasteiger partial charge in [-0.2, -0.15) is 5.10 Å². The van der Waals surface area contributed by atoms with Gasteiger partial charge < -0.3 is 4.90 Å². The van der Waals surface area contributed by atoms with Gasteiger partial charge in [0.15, 0.2) is 5.71 Å². The predicted molar refractivity (Wildman–Crippen MR) is 90.6 cm³/mol. The van der Waals surface area contributed by atoms with Crippen LogP contribution in [0.5, 0.6) is 0 Å². The van der Waals surface area contributed by atoms with E-state index in [1.807, 2.05) is 30.5 Å². The summed E-state index contributed by atoms with van der Waals surface area (Å²) in [5.74, 6) is 0.400. The second-order valence-corrected chi connectivity index (χ2v) is 5.73. The van der Waals surface area contributed by atoms with Crippen molar-refractivity contribution < 1.29 is 4.79 Å². The van der Waals surface area contributed by atoms with Crippen LogP contribution in [0.25, 0.3) is 0 Å². The Morgan fingerprint density at radius 3 is 2.95 bits per heavy atom. The van der Waals surface area contributed by atoms with E-state index in [-0.39, 0.29) is 5.91 Å². The number of fused-ring (bicyclic) bond motifs is 1. The number of hydrogen-bond donors (Lipinski definition) is 0. The summed E-state index contributed by atoms with van der Waals surface area (Å²) >= 11 is 0. The lowest BCUT2D eigenvalue weighted by Gasteiger charge is -2.14. The molecule has 0 radical (unpaired) electrons. The van der Waals surface area contributed by atoms with Crippen molar-refractivity contribution in [3.8, 4) is 0 Å². The maximum Gasteiger partial charge on any atom is 0.279 e.